The number of hydrogen-bond donors (Lipinski definition) is 1. The molecule has 0 aliphatic carbocycles. The number of methoxy groups -OCH3 is 2. The maximum Gasteiger partial charge on any atom is 0.325 e. The lowest BCUT2D eigenvalue weighted by atomic mass is 9.81. The highest BCUT2D eigenvalue weighted by Crippen LogP contribution is 2.29. The van der Waals surface area contributed by atoms with Crippen molar-refractivity contribution in [3.05, 3.63) is 0 Å². The van der Waals surface area contributed by atoms with Crippen LogP contribution in [-0.4, -0.2) is 37.9 Å². The van der Waals surface area contributed by atoms with Gasteiger partial charge in [-0.15, -0.1) is 12.3 Å². The van der Waals surface area contributed by atoms with Crippen molar-refractivity contribution in [3.63, 3.8) is 0 Å². The molecule has 1 N–H and O–H groups in total. The molecular formula is C12H14O5. The summed E-state index contributed by atoms with van der Waals surface area (Å²) in [5.74, 6) is 5.48. The van der Waals surface area contributed by atoms with E-state index in [-0.39, 0.29) is 19.4 Å². The molecule has 0 unspecified atom stereocenters. The summed E-state index contributed by atoms with van der Waals surface area (Å²) in [5.41, 5.74) is -1.62. The summed E-state index contributed by atoms with van der Waals surface area (Å²) in [6, 6.07) is 0. The van der Waals surface area contributed by atoms with Crippen molar-refractivity contribution in [1.29, 1.82) is 0 Å². The Bertz CT molecular complexity index is 364. The van der Waals surface area contributed by atoms with Gasteiger partial charge in [-0.1, -0.05) is 11.8 Å². The minimum Gasteiger partial charge on any atom is -0.468 e. The number of terminal acetylenes is 1. The fourth-order valence-electron chi connectivity index (χ4n) is 1.27. The molecule has 0 spiro atoms. The third-order valence-electron chi connectivity index (χ3n) is 2.15. The third-order valence-corrected chi connectivity index (χ3v) is 2.15. The van der Waals surface area contributed by atoms with Gasteiger partial charge < -0.3 is 14.6 Å². The quantitative estimate of drug-likeness (QED) is 0.414. The van der Waals surface area contributed by atoms with Crippen molar-refractivity contribution < 1.29 is 24.2 Å². The topological polar surface area (TPSA) is 72.8 Å². The molecule has 92 valence electrons. The number of hydrogen-bond acceptors (Lipinski definition) is 5. The molecule has 0 aliphatic heterocycles. The molecule has 0 aromatic carbocycles. The first kappa shape index (κ1) is 15.0. The standard InChI is InChI=1S/C12H14O5/c1-4-7-12(10(14)16-2,11(15)17-3)8-5-6-9-13/h1,13H,7-9H2,2-3H3. The van der Waals surface area contributed by atoms with Gasteiger partial charge in [0.2, 0.25) is 0 Å². The Morgan fingerprint density at radius 1 is 1.18 bits per heavy atom. The highest BCUT2D eigenvalue weighted by atomic mass is 16.5. The van der Waals surface area contributed by atoms with Crippen molar-refractivity contribution in [2.75, 3.05) is 20.8 Å². The molecule has 0 saturated heterocycles. The molecular weight excluding hydrogens is 224 g/mol. The zero-order valence-electron chi connectivity index (χ0n) is 9.78. The minimum absolute atomic E-state index is 0.156. The summed E-state index contributed by atoms with van der Waals surface area (Å²) in [4.78, 5) is 23.3. The highest BCUT2D eigenvalue weighted by Gasteiger charge is 2.47. The van der Waals surface area contributed by atoms with Crippen LogP contribution in [0.1, 0.15) is 12.8 Å². The fraction of sp³-hybridized carbons (Fsp3) is 0.500. The second-order valence-electron chi connectivity index (χ2n) is 3.13. The molecule has 5 nitrogen and oxygen atoms in total. The first-order chi connectivity index (χ1) is 8.08. The van der Waals surface area contributed by atoms with E-state index in [4.69, 9.17) is 11.5 Å². The molecule has 0 bridgehead atoms. The Labute approximate surface area is 100 Å². The van der Waals surface area contributed by atoms with Crippen LogP contribution in [0, 0.1) is 29.6 Å². The van der Waals surface area contributed by atoms with Gasteiger partial charge in [0.1, 0.15) is 6.61 Å². The first-order valence-corrected chi connectivity index (χ1v) is 4.76. The van der Waals surface area contributed by atoms with Gasteiger partial charge in [-0.25, -0.2) is 0 Å². The summed E-state index contributed by atoms with van der Waals surface area (Å²) in [7, 11) is 2.30. The fourth-order valence-corrected chi connectivity index (χ4v) is 1.27. The number of esters is 2. The number of aliphatic hydroxyl groups excluding tert-OH is 1. The van der Waals surface area contributed by atoms with Crippen molar-refractivity contribution >= 4 is 11.9 Å². The van der Waals surface area contributed by atoms with E-state index in [0.29, 0.717) is 0 Å². The zero-order valence-corrected chi connectivity index (χ0v) is 9.78. The second-order valence-corrected chi connectivity index (χ2v) is 3.13. The molecule has 0 fully saturated rings. The minimum atomic E-state index is -1.62. The van der Waals surface area contributed by atoms with Crippen LogP contribution in [0.2, 0.25) is 0 Å². The molecule has 0 aromatic rings. The molecule has 0 aromatic heterocycles. The number of carbonyl (C=O) groups is 2. The van der Waals surface area contributed by atoms with E-state index in [1.807, 2.05) is 0 Å². The highest BCUT2D eigenvalue weighted by molar-refractivity contribution is 6.00. The van der Waals surface area contributed by atoms with Crippen molar-refractivity contribution in [2.45, 2.75) is 12.8 Å². The van der Waals surface area contributed by atoms with Gasteiger partial charge >= 0.3 is 11.9 Å². The van der Waals surface area contributed by atoms with E-state index >= 15 is 0 Å². The number of ether oxygens (including phenoxy) is 2. The summed E-state index contributed by atoms with van der Waals surface area (Å²) in [6.45, 7) is -0.367. The normalized spacial score (nSPS) is 9.53. The predicted molar refractivity (Wildman–Crippen MR) is 59.4 cm³/mol. The number of rotatable bonds is 4. The van der Waals surface area contributed by atoms with Crippen LogP contribution < -0.4 is 0 Å². The summed E-state index contributed by atoms with van der Waals surface area (Å²) in [6.07, 6.45) is 4.81. The summed E-state index contributed by atoms with van der Waals surface area (Å²) < 4.78 is 9.11. The van der Waals surface area contributed by atoms with Crippen molar-refractivity contribution in [2.24, 2.45) is 5.41 Å². The molecule has 0 atom stereocenters. The van der Waals surface area contributed by atoms with Crippen LogP contribution in [0.25, 0.3) is 0 Å². The lowest BCUT2D eigenvalue weighted by molar-refractivity contribution is -0.168. The molecule has 17 heavy (non-hydrogen) atoms. The Kier molecular flexibility index (Phi) is 6.47. The van der Waals surface area contributed by atoms with E-state index in [0.717, 1.165) is 14.2 Å². The van der Waals surface area contributed by atoms with Crippen LogP contribution in [0.3, 0.4) is 0 Å². The van der Waals surface area contributed by atoms with E-state index in [2.05, 4.69) is 27.2 Å². The van der Waals surface area contributed by atoms with Crippen LogP contribution >= 0.6 is 0 Å². The van der Waals surface area contributed by atoms with Gasteiger partial charge in [-0.3, -0.25) is 9.59 Å². The molecule has 5 heteroatoms. The van der Waals surface area contributed by atoms with E-state index in [1.165, 1.54) is 0 Å². The lowest BCUT2D eigenvalue weighted by Gasteiger charge is -2.23. The molecule has 0 saturated carbocycles. The van der Waals surface area contributed by atoms with Gasteiger partial charge in [0, 0.05) is 12.8 Å². The third kappa shape index (κ3) is 3.51. The number of carbonyl (C=O) groups excluding carboxylic acids is 2. The molecule has 0 heterocycles. The van der Waals surface area contributed by atoms with Crippen molar-refractivity contribution in [1.82, 2.24) is 0 Å². The van der Waals surface area contributed by atoms with Crippen LogP contribution in [0.5, 0.6) is 0 Å². The Balaban J connectivity index is 5.32. The van der Waals surface area contributed by atoms with Crippen molar-refractivity contribution in [3.8, 4) is 24.2 Å². The average Bonchev–Trinajstić information content (AvgIpc) is 2.35. The van der Waals surface area contributed by atoms with Gasteiger partial charge in [-0.05, 0) is 0 Å². The smallest absolute Gasteiger partial charge is 0.325 e. The summed E-state index contributed by atoms with van der Waals surface area (Å²) in [5, 5.41) is 8.54. The van der Waals surface area contributed by atoms with Crippen LogP contribution in [-0.2, 0) is 19.1 Å². The maximum atomic E-state index is 11.7. The molecule has 0 rings (SSSR count). The van der Waals surface area contributed by atoms with E-state index in [9.17, 15) is 9.59 Å². The molecule has 0 aliphatic rings. The predicted octanol–water partition coefficient (Wildman–Crippen LogP) is -0.272. The monoisotopic (exact) mass is 238 g/mol. The van der Waals surface area contributed by atoms with Crippen LogP contribution in [0.15, 0.2) is 0 Å². The Morgan fingerprint density at radius 3 is 2.06 bits per heavy atom. The van der Waals surface area contributed by atoms with E-state index in [1.54, 1.807) is 0 Å². The van der Waals surface area contributed by atoms with E-state index < -0.39 is 17.4 Å². The number of aliphatic hydroxyl groups is 1. The second kappa shape index (κ2) is 7.32. The molecule has 0 amide bonds. The maximum absolute atomic E-state index is 11.7. The average molecular weight is 238 g/mol. The zero-order chi connectivity index (χ0) is 13.3. The van der Waals surface area contributed by atoms with Gasteiger partial charge in [0.25, 0.3) is 0 Å². The SMILES string of the molecule is C#CCC(CC#CCO)(C(=O)OC)C(=O)OC. The Morgan fingerprint density at radius 2 is 1.71 bits per heavy atom. The first-order valence-electron chi connectivity index (χ1n) is 4.76. The Hall–Kier alpha value is -1.98. The largest absolute Gasteiger partial charge is 0.468 e. The lowest BCUT2D eigenvalue weighted by Crippen LogP contribution is -2.40. The van der Waals surface area contributed by atoms with Gasteiger partial charge in [0.15, 0.2) is 5.41 Å². The van der Waals surface area contributed by atoms with Gasteiger partial charge in [-0.2, -0.15) is 0 Å². The molecule has 0 radical (unpaired) electrons. The summed E-state index contributed by atoms with van der Waals surface area (Å²) >= 11 is 0. The van der Waals surface area contributed by atoms with Gasteiger partial charge in [0.05, 0.1) is 14.2 Å². The van der Waals surface area contributed by atoms with Crippen LogP contribution in [0.4, 0.5) is 0 Å².